The van der Waals surface area contributed by atoms with Gasteiger partial charge in [-0.15, -0.1) is 0 Å². The lowest BCUT2D eigenvalue weighted by Gasteiger charge is -2.27. The minimum absolute atomic E-state index is 0.00297. The predicted molar refractivity (Wildman–Crippen MR) is 174 cm³/mol. The van der Waals surface area contributed by atoms with E-state index in [-0.39, 0.29) is 38.5 Å². The van der Waals surface area contributed by atoms with E-state index in [1.165, 1.54) is 6.08 Å². The van der Waals surface area contributed by atoms with Gasteiger partial charge in [-0.2, -0.15) is 0 Å². The fraction of sp³-hybridized carbons (Fsp3) is 0.686. The van der Waals surface area contributed by atoms with Crippen LogP contribution in [0.1, 0.15) is 91.4 Å². The molecule has 0 aromatic heterocycles. The minimum atomic E-state index is -1.25. The second kappa shape index (κ2) is 23.2. The van der Waals surface area contributed by atoms with Gasteiger partial charge in [0.1, 0.15) is 12.2 Å². The largest absolute Gasteiger partial charge is 0.459 e. The smallest absolute Gasteiger partial charge is 0.311 e. The number of hydrogen-bond acceptors (Lipinski definition) is 10. The fourth-order valence-electron chi connectivity index (χ4n) is 5.20. The summed E-state index contributed by atoms with van der Waals surface area (Å²) in [5, 5.41) is 83.9. The fourth-order valence-corrected chi connectivity index (χ4v) is 5.20. The molecule has 8 N–H and O–H groups in total. The molecule has 45 heavy (non-hydrogen) atoms. The van der Waals surface area contributed by atoms with Gasteiger partial charge in [0.15, 0.2) is 0 Å². The lowest BCUT2D eigenvalue weighted by Crippen LogP contribution is -2.37. The number of rotatable bonds is 5. The third-order valence-electron chi connectivity index (χ3n) is 7.96. The third-order valence-corrected chi connectivity index (χ3v) is 7.96. The Morgan fingerprint density at radius 3 is 1.71 bits per heavy atom. The second-order valence-corrected chi connectivity index (χ2v) is 12.3. The van der Waals surface area contributed by atoms with Crippen LogP contribution in [0.4, 0.5) is 0 Å². The van der Waals surface area contributed by atoms with Crippen molar-refractivity contribution < 1.29 is 50.4 Å². The van der Waals surface area contributed by atoms with Gasteiger partial charge in [0.25, 0.3) is 0 Å². The summed E-state index contributed by atoms with van der Waals surface area (Å²) >= 11 is 0. The molecule has 0 spiro atoms. The number of cyclic esters (lactones) is 1. The van der Waals surface area contributed by atoms with Crippen LogP contribution < -0.4 is 0 Å². The molecular weight excluding hydrogens is 580 g/mol. The zero-order chi connectivity index (χ0) is 33.8. The molecule has 0 saturated carbocycles. The molecule has 0 amide bonds. The first-order valence-corrected chi connectivity index (χ1v) is 16.3. The van der Waals surface area contributed by atoms with Gasteiger partial charge in [-0.25, -0.2) is 0 Å². The monoisotopic (exact) mass is 638 g/mol. The van der Waals surface area contributed by atoms with E-state index in [1.807, 2.05) is 0 Å². The topological polar surface area (TPSA) is 188 Å². The van der Waals surface area contributed by atoms with Crippen LogP contribution in [-0.2, 0) is 9.53 Å². The predicted octanol–water partition coefficient (Wildman–Crippen LogP) is 2.92. The van der Waals surface area contributed by atoms with Crippen LogP contribution in [-0.4, -0.2) is 102 Å². The lowest BCUT2D eigenvalue weighted by molar-refractivity contribution is -0.162. The highest BCUT2D eigenvalue weighted by molar-refractivity contribution is 5.73. The molecule has 258 valence electrons. The van der Waals surface area contributed by atoms with Crippen LogP contribution in [0.3, 0.4) is 0 Å². The van der Waals surface area contributed by atoms with E-state index in [9.17, 15) is 45.6 Å². The van der Waals surface area contributed by atoms with Gasteiger partial charge < -0.3 is 45.6 Å². The highest BCUT2D eigenvalue weighted by Crippen LogP contribution is 2.23. The maximum atomic E-state index is 13.1. The molecular formula is C35H58O10. The number of unbranched alkanes of at least 4 members (excludes halogenated alkanes) is 3. The van der Waals surface area contributed by atoms with Crippen LogP contribution in [0.15, 0.2) is 60.3 Å². The molecule has 0 aromatic carbocycles. The number of hydrogen-bond donors (Lipinski definition) is 8. The average Bonchev–Trinajstić information content (AvgIpc) is 2.94. The Kier molecular flexibility index (Phi) is 21.1. The summed E-state index contributed by atoms with van der Waals surface area (Å²) in [6.45, 7) is 5.34. The van der Waals surface area contributed by atoms with Crippen molar-refractivity contribution in [3.8, 4) is 0 Å². The SMILES string of the molecule is CCCCCCC1C(=O)O[C@H](C)[C@@H](O)/C=C/C=C/C=C/C=C/C=C(\C)C(O)CC(O)CC(O)CC(O)CC(O)CC(O)C[C@H]1O. The van der Waals surface area contributed by atoms with E-state index >= 15 is 0 Å². The summed E-state index contributed by atoms with van der Waals surface area (Å²) in [6.07, 6.45) is 8.77. The molecule has 1 heterocycles. The van der Waals surface area contributed by atoms with Gasteiger partial charge in [0.2, 0.25) is 0 Å². The van der Waals surface area contributed by atoms with Crippen LogP contribution in [0.25, 0.3) is 0 Å². The number of ether oxygens (including phenoxy) is 1. The van der Waals surface area contributed by atoms with Crippen LogP contribution >= 0.6 is 0 Å². The molecule has 1 aliphatic rings. The van der Waals surface area contributed by atoms with E-state index in [2.05, 4.69) is 6.92 Å². The normalized spacial score (nSPS) is 38.5. The van der Waals surface area contributed by atoms with E-state index in [0.29, 0.717) is 18.4 Å². The van der Waals surface area contributed by atoms with Crippen molar-refractivity contribution in [2.24, 2.45) is 5.92 Å². The molecule has 1 aliphatic heterocycles. The summed E-state index contributed by atoms with van der Waals surface area (Å²) in [5.74, 6) is -1.60. The Morgan fingerprint density at radius 1 is 0.667 bits per heavy atom. The summed E-state index contributed by atoms with van der Waals surface area (Å²) in [5.41, 5.74) is 0.623. The zero-order valence-electron chi connectivity index (χ0n) is 27.1. The summed E-state index contributed by atoms with van der Waals surface area (Å²) in [6, 6.07) is 0. The molecule has 0 aliphatic carbocycles. The molecule has 10 atom stereocenters. The van der Waals surface area contributed by atoms with Crippen molar-refractivity contribution in [2.75, 3.05) is 0 Å². The van der Waals surface area contributed by atoms with E-state index in [0.717, 1.165) is 19.3 Å². The Labute approximate surface area is 268 Å². The standard InChI is InChI=1S/C35H58O10/c1-4-5-6-13-16-31-34(43)23-30(40)21-28(38)19-26(36)18-27(37)20-29(39)22-33(42)24(2)15-12-10-8-7-9-11-14-17-32(41)25(3)45-35(31)44/h7-12,14-15,17,25-34,36-43H,4-6,13,16,18-23H2,1-3H3/b8-7+,11-9+,12-10+,17-14+,24-15+/t25-,26?,27?,28?,29?,30?,31?,32+,33?,34-/m1/s1. The molecule has 1 rings (SSSR count). The van der Waals surface area contributed by atoms with Gasteiger partial charge in [-0.05, 0) is 51.5 Å². The van der Waals surface area contributed by atoms with Crippen molar-refractivity contribution in [1.29, 1.82) is 0 Å². The van der Waals surface area contributed by atoms with E-state index < -0.39 is 66.8 Å². The molecule has 0 aromatic rings. The number of allylic oxidation sites excluding steroid dienone is 8. The van der Waals surface area contributed by atoms with Crippen LogP contribution in [0.2, 0.25) is 0 Å². The maximum absolute atomic E-state index is 13.1. The molecule has 7 unspecified atom stereocenters. The first-order valence-electron chi connectivity index (χ1n) is 16.3. The zero-order valence-corrected chi connectivity index (χ0v) is 27.1. The lowest BCUT2D eigenvalue weighted by atomic mass is 9.90. The summed E-state index contributed by atoms with van der Waals surface area (Å²) in [4.78, 5) is 13.1. The maximum Gasteiger partial charge on any atom is 0.311 e. The Morgan fingerprint density at radius 2 is 1.16 bits per heavy atom. The Balaban J connectivity index is 3.08. The number of aliphatic hydroxyl groups excluding tert-OH is 8. The van der Waals surface area contributed by atoms with Crippen LogP contribution in [0, 0.1) is 5.92 Å². The average molecular weight is 639 g/mol. The molecule has 10 nitrogen and oxygen atoms in total. The van der Waals surface area contributed by atoms with Crippen molar-refractivity contribution in [1.82, 2.24) is 0 Å². The van der Waals surface area contributed by atoms with Crippen molar-refractivity contribution in [3.05, 3.63) is 60.3 Å². The minimum Gasteiger partial charge on any atom is -0.459 e. The molecule has 0 fully saturated rings. The van der Waals surface area contributed by atoms with Gasteiger partial charge in [-0.1, -0.05) is 87.3 Å². The number of esters is 1. The number of carbonyl (C=O) groups is 1. The molecule has 10 heteroatoms. The van der Waals surface area contributed by atoms with E-state index in [4.69, 9.17) is 4.74 Å². The van der Waals surface area contributed by atoms with Crippen molar-refractivity contribution in [2.45, 2.75) is 146 Å². The third kappa shape index (κ3) is 18.6. The Hall–Kier alpha value is -2.15. The van der Waals surface area contributed by atoms with Gasteiger partial charge in [0.05, 0.1) is 48.6 Å². The van der Waals surface area contributed by atoms with Gasteiger partial charge >= 0.3 is 5.97 Å². The first kappa shape index (κ1) is 40.9. The van der Waals surface area contributed by atoms with Crippen LogP contribution in [0.5, 0.6) is 0 Å². The molecule has 0 radical (unpaired) electrons. The second-order valence-electron chi connectivity index (χ2n) is 12.3. The van der Waals surface area contributed by atoms with Crippen molar-refractivity contribution in [3.63, 3.8) is 0 Å². The highest BCUT2D eigenvalue weighted by atomic mass is 16.6. The van der Waals surface area contributed by atoms with Gasteiger partial charge in [-0.3, -0.25) is 4.79 Å². The number of carbonyl (C=O) groups excluding carboxylic acids is 1. The quantitative estimate of drug-likeness (QED) is 0.164. The van der Waals surface area contributed by atoms with Gasteiger partial charge in [0, 0.05) is 12.8 Å². The Bertz CT molecular complexity index is 958. The first-order chi connectivity index (χ1) is 21.3. The number of aliphatic hydroxyl groups is 8. The molecule has 0 saturated heterocycles. The van der Waals surface area contributed by atoms with Crippen molar-refractivity contribution >= 4 is 5.97 Å². The summed E-state index contributed by atoms with van der Waals surface area (Å²) in [7, 11) is 0. The summed E-state index contributed by atoms with van der Waals surface area (Å²) < 4.78 is 5.51. The van der Waals surface area contributed by atoms with E-state index in [1.54, 1.807) is 62.5 Å². The highest BCUT2D eigenvalue weighted by Gasteiger charge is 2.32. The molecule has 0 bridgehead atoms.